The first-order valence-corrected chi connectivity index (χ1v) is 6.45. The molecule has 2 heterocycles. The van der Waals surface area contributed by atoms with Gasteiger partial charge in [0, 0.05) is 6.20 Å². The molecule has 0 aliphatic rings. The molecule has 0 amide bonds. The van der Waals surface area contributed by atoms with Crippen molar-refractivity contribution in [3.63, 3.8) is 0 Å². The van der Waals surface area contributed by atoms with Crippen LogP contribution in [0.15, 0.2) is 63.7 Å². The van der Waals surface area contributed by atoms with Gasteiger partial charge in [-0.1, -0.05) is 24.3 Å². The van der Waals surface area contributed by atoms with E-state index in [2.05, 4.69) is 25.4 Å². The number of benzene rings is 1. The molecule has 21 heavy (non-hydrogen) atoms. The molecule has 6 nitrogen and oxygen atoms in total. The fraction of sp³-hybridized carbons (Fsp3) is 0.0667. The minimum Gasteiger partial charge on any atom is -0.294 e. The van der Waals surface area contributed by atoms with E-state index < -0.39 is 0 Å². The van der Waals surface area contributed by atoms with Gasteiger partial charge in [0.25, 0.3) is 5.56 Å². The molecule has 0 aliphatic heterocycles. The van der Waals surface area contributed by atoms with Gasteiger partial charge in [-0.05, 0) is 30.7 Å². The molecule has 3 aromatic rings. The summed E-state index contributed by atoms with van der Waals surface area (Å²) in [5.41, 5.74) is 2.77. The number of aromatic nitrogens is 3. The molecule has 1 aromatic carbocycles. The first kappa shape index (κ1) is 13.0. The molecular formula is C15H13N5O. The molecule has 0 radical (unpaired) electrons. The number of aryl methyl sites for hydroxylation is 1. The van der Waals surface area contributed by atoms with E-state index in [9.17, 15) is 4.79 Å². The summed E-state index contributed by atoms with van der Waals surface area (Å²) in [5, 5.41) is 13.5. The van der Waals surface area contributed by atoms with Crippen molar-refractivity contribution in [1.82, 2.24) is 15.2 Å². The van der Waals surface area contributed by atoms with Gasteiger partial charge in [-0.25, -0.2) is 0 Å². The van der Waals surface area contributed by atoms with Gasteiger partial charge in [0.05, 0.1) is 11.4 Å². The Morgan fingerprint density at radius 3 is 2.57 bits per heavy atom. The Kier molecular flexibility index (Phi) is 3.42. The highest BCUT2D eigenvalue weighted by molar-refractivity contribution is 5.67. The highest BCUT2D eigenvalue weighted by atomic mass is 16.1. The lowest BCUT2D eigenvalue weighted by Gasteiger charge is -1.98. The minimum atomic E-state index is -0.326. The van der Waals surface area contributed by atoms with Crippen molar-refractivity contribution in [3.8, 4) is 11.4 Å². The summed E-state index contributed by atoms with van der Waals surface area (Å²) in [5.74, 6) is 0. The zero-order valence-corrected chi connectivity index (χ0v) is 11.4. The van der Waals surface area contributed by atoms with Gasteiger partial charge < -0.3 is 0 Å². The van der Waals surface area contributed by atoms with Crippen molar-refractivity contribution in [3.05, 3.63) is 64.6 Å². The summed E-state index contributed by atoms with van der Waals surface area (Å²) >= 11 is 0. The number of nitrogens with zero attached hydrogens (tertiary/aromatic N) is 3. The van der Waals surface area contributed by atoms with E-state index in [1.54, 1.807) is 12.3 Å². The molecule has 0 atom stereocenters. The van der Waals surface area contributed by atoms with Crippen molar-refractivity contribution in [2.24, 2.45) is 10.2 Å². The van der Waals surface area contributed by atoms with Gasteiger partial charge in [0.15, 0.2) is 5.69 Å². The lowest BCUT2D eigenvalue weighted by Crippen LogP contribution is -1.96. The average Bonchev–Trinajstić information content (AvgIpc) is 2.88. The molecule has 0 bridgehead atoms. The van der Waals surface area contributed by atoms with Crippen LogP contribution in [0, 0.1) is 6.92 Å². The monoisotopic (exact) mass is 279 g/mol. The highest BCUT2D eigenvalue weighted by Gasteiger charge is 2.12. The van der Waals surface area contributed by atoms with E-state index in [4.69, 9.17) is 0 Å². The summed E-state index contributed by atoms with van der Waals surface area (Å²) in [7, 11) is 0. The summed E-state index contributed by atoms with van der Waals surface area (Å²) in [6, 6.07) is 13.0. The van der Waals surface area contributed by atoms with E-state index in [1.807, 2.05) is 43.3 Å². The van der Waals surface area contributed by atoms with Gasteiger partial charge in [-0.15, -0.1) is 5.11 Å². The number of rotatable bonds is 3. The molecule has 3 rings (SSSR count). The number of azo groups is 1. The second kappa shape index (κ2) is 5.54. The molecule has 2 aromatic heterocycles. The van der Waals surface area contributed by atoms with Gasteiger partial charge in [-0.2, -0.15) is 5.11 Å². The third-order valence-corrected chi connectivity index (χ3v) is 3.05. The molecule has 6 heteroatoms. The van der Waals surface area contributed by atoms with Crippen molar-refractivity contribution < 1.29 is 0 Å². The minimum absolute atomic E-state index is 0.219. The molecule has 0 aliphatic carbocycles. The smallest absolute Gasteiger partial charge is 0.292 e. The maximum atomic E-state index is 11.9. The Labute approximate surface area is 120 Å². The number of nitrogens with one attached hydrogen (secondary N) is 2. The molecule has 0 saturated carbocycles. The Hall–Kier alpha value is -3.02. The summed E-state index contributed by atoms with van der Waals surface area (Å²) in [6.45, 7) is 1.94. The third-order valence-electron chi connectivity index (χ3n) is 3.05. The van der Waals surface area contributed by atoms with Crippen LogP contribution in [-0.4, -0.2) is 15.2 Å². The van der Waals surface area contributed by atoms with E-state index in [0.29, 0.717) is 11.4 Å². The number of H-pyrrole nitrogens is 2. The van der Waals surface area contributed by atoms with Crippen LogP contribution in [0.4, 0.5) is 11.4 Å². The summed E-state index contributed by atoms with van der Waals surface area (Å²) in [4.78, 5) is 16.1. The van der Waals surface area contributed by atoms with Crippen LogP contribution in [0.2, 0.25) is 0 Å². The topological polar surface area (TPSA) is 86.3 Å². The van der Waals surface area contributed by atoms with Gasteiger partial charge >= 0.3 is 0 Å². The SMILES string of the molecule is Cc1ccccc1N=Nc1c(-c2ccccn2)[nH][nH]c1=O. The molecule has 104 valence electrons. The van der Waals surface area contributed by atoms with Crippen molar-refractivity contribution in [1.29, 1.82) is 0 Å². The molecular weight excluding hydrogens is 266 g/mol. The van der Waals surface area contributed by atoms with Gasteiger partial charge in [-0.3, -0.25) is 20.0 Å². The van der Waals surface area contributed by atoms with Crippen LogP contribution in [0.1, 0.15) is 5.56 Å². The van der Waals surface area contributed by atoms with Crippen LogP contribution in [-0.2, 0) is 0 Å². The second-order valence-corrected chi connectivity index (χ2v) is 4.50. The fourth-order valence-corrected chi connectivity index (χ4v) is 1.92. The normalized spacial score (nSPS) is 11.1. The van der Waals surface area contributed by atoms with E-state index in [1.165, 1.54) is 0 Å². The lowest BCUT2D eigenvalue weighted by molar-refractivity contribution is 1.05. The van der Waals surface area contributed by atoms with Crippen molar-refractivity contribution >= 4 is 11.4 Å². The highest BCUT2D eigenvalue weighted by Crippen LogP contribution is 2.25. The number of hydrogen-bond donors (Lipinski definition) is 2. The average molecular weight is 279 g/mol. The quantitative estimate of drug-likeness (QED) is 0.719. The molecule has 2 N–H and O–H groups in total. The van der Waals surface area contributed by atoms with Crippen molar-refractivity contribution in [2.45, 2.75) is 6.92 Å². The first-order valence-electron chi connectivity index (χ1n) is 6.45. The molecule has 0 spiro atoms. The van der Waals surface area contributed by atoms with Crippen LogP contribution in [0.3, 0.4) is 0 Å². The second-order valence-electron chi connectivity index (χ2n) is 4.50. The largest absolute Gasteiger partial charge is 0.294 e. The van der Waals surface area contributed by atoms with E-state index >= 15 is 0 Å². The third kappa shape index (κ3) is 2.64. The number of aromatic amines is 2. The van der Waals surface area contributed by atoms with Crippen molar-refractivity contribution in [2.75, 3.05) is 0 Å². The molecule has 0 unspecified atom stereocenters. The summed E-state index contributed by atoms with van der Waals surface area (Å²) in [6.07, 6.45) is 1.66. The maximum absolute atomic E-state index is 11.9. The van der Waals surface area contributed by atoms with Crippen LogP contribution >= 0.6 is 0 Å². The molecule has 0 saturated heterocycles. The van der Waals surface area contributed by atoms with Gasteiger partial charge in [0.1, 0.15) is 5.69 Å². The zero-order valence-electron chi connectivity index (χ0n) is 11.4. The Morgan fingerprint density at radius 1 is 1.00 bits per heavy atom. The van der Waals surface area contributed by atoms with E-state index in [-0.39, 0.29) is 11.2 Å². The predicted octanol–water partition coefficient (Wildman–Crippen LogP) is 3.49. The Balaban J connectivity index is 2.02. The zero-order chi connectivity index (χ0) is 14.7. The van der Waals surface area contributed by atoms with Gasteiger partial charge in [0.2, 0.25) is 0 Å². The fourth-order valence-electron chi connectivity index (χ4n) is 1.92. The molecule has 0 fully saturated rings. The lowest BCUT2D eigenvalue weighted by atomic mass is 10.2. The maximum Gasteiger partial charge on any atom is 0.292 e. The van der Waals surface area contributed by atoms with Crippen LogP contribution in [0.5, 0.6) is 0 Å². The number of pyridine rings is 1. The number of hydrogen-bond acceptors (Lipinski definition) is 4. The van der Waals surface area contributed by atoms with Crippen LogP contribution in [0.25, 0.3) is 11.4 Å². The van der Waals surface area contributed by atoms with Crippen LogP contribution < -0.4 is 5.56 Å². The standard InChI is InChI=1S/C15H13N5O/c1-10-6-2-3-7-11(10)17-19-14-13(18-20-15(14)21)12-8-4-5-9-16-12/h2-9H,1H3,(H2,18,20,21). The predicted molar refractivity (Wildman–Crippen MR) is 80.0 cm³/mol. The Bertz CT molecular complexity index is 833. The first-order chi connectivity index (χ1) is 10.3. The Morgan fingerprint density at radius 2 is 1.81 bits per heavy atom. The van der Waals surface area contributed by atoms with E-state index in [0.717, 1.165) is 11.3 Å². The summed E-state index contributed by atoms with van der Waals surface area (Å²) < 4.78 is 0.